The number of hydrogen-bond donors (Lipinski definition) is 0. The summed E-state index contributed by atoms with van der Waals surface area (Å²) in [7, 11) is 0. The van der Waals surface area contributed by atoms with E-state index < -0.39 is 18.7 Å². The molecule has 0 aliphatic carbocycles. The van der Waals surface area contributed by atoms with Crippen molar-refractivity contribution in [3.05, 3.63) is 0 Å². The molecule has 0 fully saturated rings. The summed E-state index contributed by atoms with van der Waals surface area (Å²) >= 11 is 5.64. The molecular formula is C7H9ClF3NO. The summed E-state index contributed by atoms with van der Waals surface area (Å²) in [6.45, 7) is 1.66. The fraction of sp³-hybridized carbons (Fsp3) is 0.857. The highest BCUT2D eigenvalue weighted by molar-refractivity contribution is 6.21. The molecule has 6 heteroatoms. The van der Waals surface area contributed by atoms with E-state index in [1.54, 1.807) is 6.92 Å². The lowest BCUT2D eigenvalue weighted by molar-refractivity contribution is -0.121. The summed E-state index contributed by atoms with van der Waals surface area (Å²) in [5, 5.41) is 3.01. The molecule has 0 aromatic rings. The van der Waals surface area contributed by atoms with Crippen LogP contribution in [-0.2, 0) is 4.84 Å². The van der Waals surface area contributed by atoms with E-state index in [2.05, 4.69) is 5.16 Å². The second-order valence-electron chi connectivity index (χ2n) is 2.97. The Labute approximate surface area is 78.7 Å². The number of rotatable bonds is 2. The van der Waals surface area contributed by atoms with Gasteiger partial charge >= 0.3 is 6.18 Å². The van der Waals surface area contributed by atoms with Crippen molar-refractivity contribution >= 4 is 17.3 Å². The summed E-state index contributed by atoms with van der Waals surface area (Å²) in [5.41, 5.74) is 0.0185. The van der Waals surface area contributed by atoms with Gasteiger partial charge in [-0.15, -0.1) is 11.6 Å². The maximum absolute atomic E-state index is 11.9. The molecule has 2 atom stereocenters. The van der Waals surface area contributed by atoms with E-state index in [4.69, 9.17) is 16.4 Å². The topological polar surface area (TPSA) is 21.6 Å². The van der Waals surface area contributed by atoms with Crippen LogP contribution in [0.2, 0.25) is 0 Å². The Morgan fingerprint density at radius 1 is 1.69 bits per heavy atom. The number of hydrogen-bond acceptors (Lipinski definition) is 2. The predicted octanol–water partition coefficient (Wildman–Crippen LogP) is 2.71. The average Bonchev–Trinajstić information content (AvgIpc) is 2.31. The Hall–Kier alpha value is -0.450. The molecule has 13 heavy (non-hydrogen) atoms. The zero-order valence-corrected chi connectivity index (χ0v) is 7.69. The third-order valence-corrected chi connectivity index (χ3v) is 1.95. The summed E-state index contributed by atoms with van der Waals surface area (Å²) < 4.78 is 35.6. The van der Waals surface area contributed by atoms with Crippen molar-refractivity contribution < 1.29 is 18.0 Å². The van der Waals surface area contributed by atoms with Gasteiger partial charge in [0, 0.05) is 6.42 Å². The van der Waals surface area contributed by atoms with E-state index in [9.17, 15) is 13.2 Å². The minimum atomic E-state index is -4.22. The van der Waals surface area contributed by atoms with Crippen molar-refractivity contribution in [2.24, 2.45) is 5.16 Å². The van der Waals surface area contributed by atoms with E-state index in [0.29, 0.717) is 0 Å². The van der Waals surface area contributed by atoms with E-state index in [1.807, 2.05) is 0 Å². The van der Waals surface area contributed by atoms with Crippen LogP contribution in [0.25, 0.3) is 0 Å². The highest BCUT2D eigenvalue weighted by atomic mass is 35.5. The van der Waals surface area contributed by atoms with E-state index >= 15 is 0 Å². The molecule has 76 valence electrons. The Bertz CT molecular complexity index is 214. The second kappa shape index (κ2) is 3.74. The molecule has 0 amide bonds. The van der Waals surface area contributed by atoms with Crippen molar-refractivity contribution in [3.63, 3.8) is 0 Å². The Morgan fingerprint density at radius 3 is 2.69 bits per heavy atom. The van der Waals surface area contributed by atoms with Crippen LogP contribution in [-0.4, -0.2) is 23.4 Å². The first-order chi connectivity index (χ1) is 5.88. The third kappa shape index (κ3) is 3.42. The number of alkyl halides is 4. The first-order valence-electron chi connectivity index (χ1n) is 3.81. The molecule has 2 unspecified atom stereocenters. The quantitative estimate of drug-likeness (QED) is 0.649. The van der Waals surface area contributed by atoms with Gasteiger partial charge in [-0.2, -0.15) is 13.2 Å². The van der Waals surface area contributed by atoms with Gasteiger partial charge in [0.1, 0.15) is 6.10 Å². The SMILES string of the molecule is CC(Cl)C1CC(CC(F)(F)F)=NO1. The van der Waals surface area contributed by atoms with Gasteiger partial charge in [-0.05, 0) is 6.92 Å². The van der Waals surface area contributed by atoms with Gasteiger partial charge in [-0.25, -0.2) is 0 Å². The standard InChI is InChI=1S/C7H9ClF3NO/c1-4(8)6-2-5(12-13-6)3-7(9,10)11/h4,6H,2-3H2,1H3. The van der Waals surface area contributed by atoms with E-state index in [-0.39, 0.29) is 17.5 Å². The van der Waals surface area contributed by atoms with Crippen molar-refractivity contribution in [3.8, 4) is 0 Å². The minimum Gasteiger partial charge on any atom is -0.391 e. The molecule has 0 bridgehead atoms. The molecule has 0 spiro atoms. The minimum absolute atomic E-state index is 0.0185. The Balaban J connectivity index is 2.41. The summed E-state index contributed by atoms with van der Waals surface area (Å²) in [4.78, 5) is 4.73. The monoisotopic (exact) mass is 215 g/mol. The molecule has 0 N–H and O–H groups in total. The van der Waals surface area contributed by atoms with E-state index in [1.165, 1.54) is 0 Å². The maximum atomic E-state index is 11.9. The first kappa shape index (κ1) is 10.6. The molecule has 0 radical (unpaired) electrons. The molecule has 1 aliphatic heterocycles. The van der Waals surface area contributed by atoms with Gasteiger partial charge in [-0.1, -0.05) is 5.16 Å². The van der Waals surface area contributed by atoms with Crippen LogP contribution in [0.15, 0.2) is 5.16 Å². The normalized spacial score (nSPS) is 25.3. The van der Waals surface area contributed by atoms with Crippen LogP contribution in [0.4, 0.5) is 13.2 Å². The molecule has 0 aromatic carbocycles. The smallest absolute Gasteiger partial charge is 0.391 e. The van der Waals surface area contributed by atoms with Crippen LogP contribution in [0, 0.1) is 0 Å². The zero-order chi connectivity index (χ0) is 10.1. The molecule has 0 aromatic heterocycles. The number of oxime groups is 1. The number of halogens is 4. The van der Waals surface area contributed by atoms with Crippen molar-refractivity contribution in [2.75, 3.05) is 0 Å². The molecule has 1 aliphatic rings. The van der Waals surface area contributed by atoms with Crippen LogP contribution < -0.4 is 0 Å². The summed E-state index contributed by atoms with van der Waals surface area (Å²) in [6.07, 6.45) is -5.47. The molecule has 2 nitrogen and oxygen atoms in total. The van der Waals surface area contributed by atoms with Crippen LogP contribution in [0.5, 0.6) is 0 Å². The Kier molecular flexibility index (Phi) is 3.05. The van der Waals surface area contributed by atoms with Gasteiger partial charge in [0.15, 0.2) is 0 Å². The molecular weight excluding hydrogens is 207 g/mol. The fourth-order valence-electron chi connectivity index (χ4n) is 1.03. The second-order valence-corrected chi connectivity index (χ2v) is 3.66. The lowest BCUT2D eigenvalue weighted by Gasteiger charge is -2.09. The first-order valence-corrected chi connectivity index (χ1v) is 4.24. The lowest BCUT2D eigenvalue weighted by atomic mass is 10.1. The molecule has 1 heterocycles. The van der Waals surface area contributed by atoms with Crippen LogP contribution in [0.3, 0.4) is 0 Å². The van der Waals surface area contributed by atoms with Gasteiger partial charge in [-0.3, -0.25) is 0 Å². The average molecular weight is 216 g/mol. The predicted molar refractivity (Wildman–Crippen MR) is 42.9 cm³/mol. The van der Waals surface area contributed by atoms with Crippen molar-refractivity contribution in [1.29, 1.82) is 0 Å². The van der Waals surface area contributed by atoms with Gasteiger partial charge < -0.3 is 4.84 Å². The lowest BCUT2D eigenvalue weighted by Crippen LogP contribution is -2.20. The molecule has 1 rings (SSSR count). The van der Waals surface area contributed by atoms with Crippen molar-refractivity contribution in [2.45, 2.75) is 37.4 Å². The largest absolute Gasteiger partial charge is 0.394 e. The van der Waals surface area contributed by atoms with Gasteiger partial charge in [0.2, 0.25) is 0 Å². The Morgan fingerprint density at radius 2 is 2.31 bits per heavy atom. The molecule has 0 saturated carbocycles. The van der Waals surface area contributed by atoms with Gasteiger partial charge in [0.05, 0.1) is 17.5 Å². The zero-order valence-electron chi connectivity index (χ0n) is 6.94. The fourth-order valence-corrected chi connectivity index (χ4v) is 1.17. The van der Waals surface area contributed by atoms with Crippen molar-refractivity contribution in [1.82, 2.24) is 0 Å². The third-order valence-electron chi connectivity index (χ3n) is 1.67. The maximum Gasteiger partial charge on any atom is 0.394 e. The summed E-state index contributed by atoms with van der Waals surface area (Å²) in [6, 6.07) is 0. The molecule has 0 saturated heterocycles. The van der Waals surface area contributed by atoms with Gasteiger partial charge in [0.25, 0.3) is 0 Å². The van der Waals surface area contributed by atoms with E-state index in [0.717, 1.165) is 0 Å². The highest BCUT2D eigenvalue weighted by Gasteiger charge is 2.34. The van der Waals surface area contributed by atoms with Crippen LogP contribution in [0.1, 0.15) is 19.8 Å². The number of nitrogens with zero attached hydrogens (tertiary/aromatic N) is 1. The summed E-state index contributed by atoms with van der Waals surface area (Å²) in [5.74, 6) is 0. The van der Waals surface area contributed by atoms with Crippen LogP contribution >= 0.6 is 11.6 Å². The highest BCUT2D eigenvalue weighted by Crippen LogP contribution is 2.26.